The maximum atomic E-state index is 13.3. The summed E-state index contributed by atoms with van der Waals surface area (Å²) in [5.74, 6) is 0.560. The summed E-state index contributed by atoms with van der Waals surface area (Å²) in [6.45, 7) is 4.80. The van der Waals surface area contributed by atoms with E-state index < -0.39 is 0 Å². The zero-order chi connectivity index (χ0) is 23.3. The van der Waals surface area contributed by atoms with E-state index in [1.807, 2.05) is 54.6 Å². The van der Waals surface area contributed by atoms with E-state index in [0.29, 0.717) is 16.4 Å². The van der Waals surface area contributed by atoms with Gasteiger partial charge in [0.2, 0.25) is 0 Å². The molecule has 0 atom stereocenters. The molecule has 174 valence electrons. The molecule has 7 heteroatoms. The zero-order valence-corrected chi connectivity index (χ0v) is 20.0. The van der Waals surface area contributed by atoms with E-state index in [1.54, 1.807) is 7.11 Å². The molecule has 0 bridgehead atoms. The third-order valence-electron chi connectivity index (χ3n) is 6.12. The Bertz CT molecular complexity index is 1280. The molecule has 1 fully saturated rings. The Kier molecular flexibility index (Phi) is 6.85. The lowest BCUT2D eigenvalue weighted by molar-refractivity contribution is 0.102. The summed E-state index contributed by atoms with van der Waals surface area (Å²) in [6.07, 6.45) is 1.12. The Hall–Kier alpha value is -3.26. The third-order valence-corrected chi connectivity index (χ3v) is 7.12. The highest BCUT2D eigenvalue weighted by Gasteiger charge is 2.19. The largest absolute Gasteiger partial charge is 0.494 e. The van der Waals surface area contributed by atoms with Gasteiger partial charge in [0.15, 0.2) is 5.13 Å². The topological polar surface area (TPSA) is 66.5 Å². The van der Waals surface area contributed by atoms with E-state index in [0.717, 1.165) is 66.1 Å². The standard InChI is InChI=1S/C27H28N4O2S/c1-33-23-13-12-21(19-8-3-2-4-9-19)25-24(23)29-27(34-25)30-26(32)22-11-6-5-10-20(22)18-31-16-7-14-28-15-17-31/h2-6,8-13,28H,7,14-18H2,1H3,(H,29,30,32). The van der Waals surface area contributed by atoms with Gasteiger partial charge in [-0.05, 0) is 48.8 Å². The van der Waals surface area contributed by atoms with Crippen molar-refractivity contribution in [2.45, 2.75) is 13.0 Å². The van der Waals surface area contributed by atoms with E-state index >= 15 is 0 Å². The Balaban J connectivity index is 1.43. The van der Waals surface area contributed by atoms with Crippen molar-refractivity contribution in [2.24, 2.45) is 0 Å². The highest BCUT2D eigenvalue weighted by Crippen LogP contribution is 2.39. The number of hydrogen-bond acceptors (Lipinski definition) is 6. The number of rotatable bonds is 6. The van der Waals surface area contributed by atoms with Crippen molar-refractivity contribution >= 4 is 32.6 Å². The molecule has 4 aromatic rings. The first-order valence-corrected chi connectivity index (χ1v) is 12.4. The Morgan fingerprint density at radius 3 is 2.74 bits per heavy atom. The van der Waals surface area contributed by atoms with Gasteiger partial charge in [-0.25, -0.2) is 4.98 Å². The first-order valence-electron chi connectivity index (χ1n) is 11.6. The molecule has 0 spiro atoms. The van der Waals surface area contributed by atoms with Gasteiger partial charge in [0.1, 0.15) is 11.3 Å². The molecule has 0 unspecified atom stereocenters. The molecule has 3 aromatic carbocycles. The fraction of sp³-hybridized carbons (Fsp3) is 0.259. The van der Waals surface area contributed by atoms with Crippen LogP contribution in [-0.2, 0) is 6.54 Å². The van der Waals surface area contributed by atoms with Gasteiger partial charge in [-0.1, -0.05) is 59.9 Å². The van der Waals surface area contributed by atoms with Crippen LogP contribution in [-0.4, -0.2) is 49.1 Å². The second-order valence-corrected chi connectivity index (χ2v) is 9.37. The van der Waals surface area contributed by atoms with Gasteiger partial charge < -0.3 is 10.1 Å². The van der Waals surface area contributed by atoms with Crippen LogP contribution in [0.5, 0.6) is 5.75 Å². The number of amides is 1. The van der Waals surface area contributed by atoms with Crippen molar-refractivity contribution in [2.75, 3.05) is 38.6 Å². The van der Waals surface area contributed by atoms with Crippen LogP contribution in [0.15, 0.2) is 66.7 Å². The molecule has 34 heavy (non-hydrogen) atoms. The molecule has 0 saturated carbocycles. The smallest absolute Gasteiger partial charge is 0.257 e. The number of benzene rings is 3. The molecular weight excluding hydrogens is 444 g/mol. The van der Waals surface area contributed by atoms with E-state index in [9.17, 15) is 4.79 Å². The second-order valence-electron chi connectivity index (χ2n) is 8.37. The number of aromatic nitrogens is 1. The predicted octanol–water partition coefficient (Wildman–Crippen LogP) is 5.02. The van der Waals surface area contributed by atoms with E-state index in [-0.39, 0.29) is 5.91 Å². The lowest BCUT2D eigenvalue weighted by Gasteiger charge is -2.20. The monoisotopic (exact) mass is 472 g/mol. The van der Waals surface area contributed by atoms with Crippen LogP contribution in [0.4, 0.5) is 5.13 Å². The molecular formula is C27H28N4O2S. The summed E-state index contributed by atoms with van der Waals surface area (Å²) in [4.78, 5) is 20.5. The molecule has 5 rings (SSSR count). The maximum absolute atomic E-state index is 13.3. The Morgan fingerprint density at radius 2 is 1.88 bits per heavy atom. The minimum atomic E-state index is -0.136. The first-order chi connectivity index (χ1) is 16.7. The van der Waals surface area contributed by atoms with Gasteiger partial charge in [0.05, 0.1) is 11.8 Å². The molecule has 6 nitrogen and oxygen atoms in total. The van der Waals surface area contributed by atoms with Gasteiger partial charge in [-0.2, -0.15) is 0 Å². The zero-order valence-electron chi connectivity index (χ0n) is 19.2. The van der Waals surface area contributed by atoms with Gasteiger partial charge in [0, 0.05) is 30.8 Å². The summed E-state index contributed by atoms with van der Waals surface area (Å²) in [5, 5.41) is 7.05. The van der Waals surface area contributed by atoms with Crippen LogP contribution in [0.2, 0.25) is 0 Å². The van der Waals surface area contributed by atoms with Crippen LogP contribution in [0.3, 0.4) is 0 Å². The van der Waals surface area contributed by atoms with Gasteiger partial charge >= 0.3 is 0 Å². The molecule has 2 N–H and O–H groups in total. The highest BCUT2D eigenvalue weighted by molar-refractivity contribution is 7.23. The molecule has 0 aliphatic carbocycles. The highest BCUT2D eigenvalue weighted by atomic mass is 32.1. The molecule has 1 aliphatic heterocycles. The maximum Gasteiger partial charge on any atom is 0.257 e. The van der Waals surface area contributed by atoms with Crippen molar-refractivity contribution in [1.29, 1.82) is 0 Å². The normalized spacial score (nSPS) is 14.6. The van der Waals surface area contributed by atoms with E-state index in [2.05, 4.69) is 27.7 Å². The van der Waals surface area contributed by atoms with Crippen LogP contribution in [0, 0.1) is 0 Å². The number of ether oxygens (including phenoxy) is 1. The second kappa shape index (κ2) is 10.3. The fourth-order valence-corrected chi connectivity index (χ4v) is 5.40. The van der Waals surface area contributed by atoms with Gasteiger partial charge in [-0.3, -0.25) is 15.0 Å². The number of fused-ring (bicyclic) bond motifs is 1. The minimum Gasteiger partial charge on any atom is -0.494 e. The van der Waals surface area contributed by atoms with E-state index in [4.69, 9.17) is 9.72 Å². The molecule has 1 saturated heterocycles. The number of carbonyl (C=O) groups is 1. The molecule has 1 amide bonds. The Morgan fingerprint density at radius 1 is 1.06 bits per heavy atom. The van der Waals surface area contributed by atoms with Crippen LogP contribution in [0.25, 0.3) is 21.3 Å². The SMILES string of the molecule is COc1ccc(-c2ccccc2)c2sc(NC(=O)c3ccccc3CN3CCCNCC3)nc12. The number of nitrogens with one attached hydrogen (secondary N) is 2. The van der Waals surface area contributed by atoms with Crippen molar-refractivity contribution in [3.05, 3.63) is 77.9 Å². The summed E-state index contributed by atoms with van der Waals surface area (Å²) in [7, 11) is 1.64. The molecule has 0 radical (unpaired) electrons. The fourth-order valence-electron chi connectivity index (χ4n) is 4.39. The lowest BCUT2D eigenvalue weighted by Crippen LogP contribution is -2.28. The third kappa shape index (κ3) is 4.82. The lowest BCUT2D eigenvalue weighted by atomic mass is 10.1. The average molecular weight is 473 g/mol. The van der Waals surface area contributed by atoms with Crippen molar-refractivity contribution in [1.82, 2.24) is 15.2 Å². The number of nitrogens with zero attached hydrogens (tertiary/aromatic N) is 2. The van der Waals surface area contributed by atoms with Crippen LogP contribution >= 0.6 is 11.3 Å². The first kappa shape index (κ1) is 22.5. The molecule has 1 aromatic heterocycles. The predicted molar refractivity (Wildman–Crippen MR) is 139 cm³/mol. The summed E-state index contributed by atoms with van der Waals surface area (Å²) < 4.78 is 6.55. The molecule has 2 heterocycles. The number of hydrogen-bond donors (Lipinski definition) is 2. The number of methoxy groups -OCH3 is 1. The number of carbonyl (C=O) groups excluding carboxylic acids is 1. The van der Waals surface area contributed by atoms with Crippen molar-refractivity contribution in [3.63, 3.8) is 0 Å². The summed E-state index contributed by atoms with van der Waals surface area (Å²) in [5.41, 5.74) is 4.66. The minimum absolute atomic E-state index is 0.136. The number of anilines is 1. The van der Waals surface area contributed by atoms with Crippen molar-refractivity contribution in [3.8, 4) is 16.9 Å². The Labute approximate surface area is 203 Å². The number of thiazole rings is 1. The average Bonchev–Trinajstić information content (AvgIpc) is 3.12. The van der Waals surface area contributed by atoms with Gasteiger partial charge in [-0.15, -0.1) is 0 Å². The van der Waals surface area contributed by atoms with Crippen molar-refractivity contribution < 1.29 is 9.53 Å². The quantitative estimate of drug-likeness (QED) is 0.413. The summed E-state index contributed by atoms with van der Waals surface area (Å²) in [6, 6.07) is 22.0. The van der Waals surface area contributed by atoms with Crippen LogP contribution < -0.4 is 15.4 Å². The van der Waals surface area contributed by atoms with Gasteiger partial charge in [0.25, 0.3) is 5.91 Å². The summed E-state index contributed by atoms with van der Waals surface area (Å²) >= 11 is 1.47. The molecule has 1 aliphatic rings. The van der Waals surface area contributed by atoms with Crippen LogP contribution in [0.1, 0.15) is 22.3 Å². The van der Waals surface area contributed by atoms with E-state index in [1.165, 1.54) is 11.3 Å².